The molecule has 280 valence electrons. The van der Waals surface area contributed by atoms with Crippen LogP contribution < -0.4 is 9.47 Å². The molecule has 0 atom stereocenters. The van der Waals surface area contributed by atoms with Crippen molar-refractivity contribution in [3.05, 3.63) is 57.6 Å². The van der Waals surface area contributed by atoms with Gasteiger partial charge in [-0.2, -0.15) is 0 Å². The van der Waals surface area contributed by atoms with E-state index < -0.39 is 0 Å². The molecule has 2 aromatic rings. The Hall–Kier alpha value is -2.04. The van der Waals surface area contributed by atoms with Gasteiger partial charge in [0, 0.05) is 6.42 Å². The van der Waals surface area contributed by atoms with E-state index in [1.54, 1.807) is 0 Å². The summed E-state index contributed by atoms with van der Waals surface area (Å²) in [4.78, 5) is 0. The average Bonchev–Trinajstić information content (AvgIpc) is 3.08. The second-order valence-electron chi connectivity index (χ2n) is 14.9. The Kier molecular flexibility index (Phi) is 24.3. The molecule has 2 rings (SSSR count). The van der Waals surface area contributed by atoms with Crippen molar-refractivity contribution in [3.8, 4) is 11.5 Å². The summed E-state index contributed by atoms with van der Waals surface area (Å²) >= 11 is 0. The van der Waals surface area contributed by atoms with Gasteiger partial charge in [-0.3, -0.25) is 0 Å². The first-order chi connectivity index (χ1) is 23.9. The lowest BCUT2D eigenvalue weighted by Crippen LogP contribution is -2.10. The van der Waals surface area contributed by atoms with Crippen LogP contribution in [-0.2, 0) is 19.3 Å². The summed E-state index contributed by atoms with van der Waals surface area (Å²) in [7, 11) is 0. The van der Waals surface area contributed by atoms with Crippen LogP contribution in [-0.4, -0.2) is 36.6 Å². The number of aryl methyl sites for hydroxylation is 3. The van der Waals surface area contributed by atoms with E-state index in [9.17, 15) is 10.2 Å². The van der Waals surface area contributed by atoms with Crippen LogP contribution in [0.5, 0.6) is 11.5 Å². The SMILES string of the molecule is CCCCCCCCCCCCc1cc(C)c(OCCO)c(Cc2cc(CCCCCCCCCCCC)cc(C(C)C)c2OCCO)c1. The molecule has 0 saturated carbocycles. The van der Waals surface area contributed by atoms with E-state index in [2.05, 4.69) is 58.9 Å². The highest BCUT2D eigenvalue weighted by atomic mass is 16.5. The minimum atomic E-state index is -0.00432. The first-order valence-electron chi connectivity index (χ1n) is 20.7. The molecule has 0 unspecified atom stereocenters. The predicted octanol–water partition coefficient (Wildman–Crippen LogP) is 12.4. The molecule has 0 spiro atoms. The van der Waals surface area contributed by atoms with Crippen LogP contribution in [0.2, 0.25) is 0 Å². The fourth-order valence-corrected chi connectivity index (χ4v) is 7.21. The van der Waals surface area contributed by atoms with Crippen molar-refractivity contribution in [2.45, 2.75) is 188 Å². The summed E-state index contributed by atoms with van der Waals surface area (Å²) < 4.78 is 12.5. The third-order valence-corrected chi connectivity index (χ3v) is 9.98. The molecule has 0 fully saturated rings. The summed E-state index contributed by atoms with van der Waals surface area (Å²) in [6.45, 7) is 11.8. The lowest BCUT2D eigenvalue weighted by atomic mass is 9.90. The number of hydrogen-bond donors (Lipinski definition) is 2. The Bertz CT molecular complexity index is 1110. The highest BCUT2D eigenvalue weighted by Crippen LogP contribution is 2.37. The highest BCUT2D eigenvalue weighted by molar-refractivity contribution is 5.52. The molecule has 0 aliphatic heterocycles. The minimum absolute atomic E-state index is 0.00403. The molecule has 4 heteroatoms. The van der Waals surface area contributed by atoms with E-state index >= 15 is 0 Å². The summed E-state index contributed by atoms with van der Waals surface area (Å²) in [5, 5.41) is 19.3. The maximum Gasteiger partial charge on any atom is 0.126 e. The monoisotopic (exact) mass is 681 g/mol. The predicted molar refractivity (Wildman–Crippen MR) is 211 cm³/mol. The number of aliphatic hydroxyl groups is 2. The number of rotatable bonds is 31. The Labute approximate surface area is 302 Å². The van der Waals surface area contributed by atoms with Crippen molar-refractivity contribution >= 4 is 0 Å². The van der Waals surface area contributed by atoms with Crippen molar-refractivity contribution in [2.75, 3.05) is 26.4 Å². The lowest BCUT2D eigenvalue weighted by Gasteiger charge is -2.22. The van der Waals surface area contributed by atoms with Crippen molar-refractivity contribution in [2.24, 2.45) is 0 Å². The van der Waals surface area contributed by atoms with E-state index in [0.29, 0.717) is 12.3 Å². The number of unbranched alkanes of at least 4 members (excludes halogenated alkanes) is 18. The molecule has 0 aliphatic rings. The third-order valence-electron chi connectivity index (χ3n) is 9.98. The Morgan fingerprint density at radius 2 is 0.898 bits per heavy atom. The topological polar surface area (TPSA) is 58.9 Å². The molecule has 0 radical (unpaired) electrons. The molecule has 2 N–H and O–H groups in total. The lowest BCUT2D eigenvalue weighted by molar-refractivity contribution is 0.198. The van der Waals surface area contributed by atoms with Crippen LogP contribution >= 0.6 is 0 Å². The van der Waals surface area contributed by atoms with Crippen LogP contribution in [0.3, 0.4) is 0 Å². The fourth-order valence-electron chi connectivity index (χ4n) is 7.21. The van der Waals surface area contributed by atoms with Crippen molar-refractivity contribution in [1.29, 1.82) is 0 Å². The van der Waals surface area contributed by atoms with E-state index in [1.165, 1.54) is 151 Å². The quantitative estimate of drug-likeness (QED) is 0.0778. The smallest absolute Gasteiger partial charge is 0.126 e. The average molecular weight is 681 g/mol. The van der Waals surface area contributed by atoms with Gasteiger partial charge < -0.3 is 19.7 Å². The second-order valence-corrected chi connectivity index (χ2v) is 14.9. The molecule has 0 amide bonds. The van der Waals surface area contributed by atoms with Gasteiger partial charge in [0.2, 0.25) is 0 Å². The molecule has 49 heavy (non-hydrogen) atoms. The Morgan fingerprint density at radius 3 is 1.33 bits per heavy atom. The summed E-state index contributed by atoms with van der Waals surface area (Å²) in [6.07, 6.45) is 29.7. The number of hydrogen-bond acceptors (Lipinski definition) is 4. The van der Waals surface area contributed by atoms with Gasteiger partial charge in [0.25, 0.3) is 0 Å². The minimum Gasteiger partial charge on any atom is -0.491 e. The summed E-state index contributed by atoms with van der Waals surface area (Å²) in [5.41, 5.74) is 7.44. The zero-order chi connectivity index (χ0) is 35.5. The van der Waals surface area contributed by atoms with Crippen LogP contribution in [0.4, 0.5) is 0 Å². The number of benzene rings is 2. The van der Waals surface area contributed by atoms with E-state index in [-0.39, 0.29) is 26.4 Å². The zero-order valence-corrected chi connectivity index (χ0v) is 32.7. The normalized spacial score (nSPS) is 11.5. The molecule has 0 aliphatic carbocycles. The molecular weight excluding hydrogens is 604 g/mol. The van der Waals surface area contributed by atoms with Crippen LogP contribution in [0.1, 0.15) is 195 Å². The number of ether oxygens (including phenoxy) is 2. The summed E-state index contributed by atoms with van der Waals surface area (Å²) in [6, 6.07) is 9.33. The molecule has 0 bridgehead atoms. The second kappa shape index (κ2) is 27.7. The van der Waals surface area contributed by atoms with E-state index in [4.69, 9.17) is 9.47 Å². The largest absolute Gasteiger partial charge is 0.491 e. The van der Waals surface area contributed by atoms with Crippen LogP contribution in [0, 0.1) is 6.92 Å². The molecule has 0 aromatic heterocycles. The zero-order valence-electron chi connectivity index (χ0n) is 32.7. The number of aliphatic hydroxyl groups excluding tert-OH is 2. The molecule has 2 aromatic carbocycles. The standard InChI is InChI=1S/C45H76O4/c1-6-8-10-12-14-16-18-20-22-24-26-39-32-38(5)44(48-30-28-46)41(33-39)36-42-34-40(35-43(37(3)4)45(42)49-31-29-47)27-25-23-21-19-17-15-13-11-9-7-2/h32-35,37,46-47H,6-31,36H2,1-5H3. The molecule has 0 saturated heterocycles. The highest BCUT2D eigenvalue weighted by Gasteiger charge is 2.19. The van der Waals surface area contributed by atoms with Gasteiger partial charge in [-0.1, -0.05) is 168 Å². The molecular formula is C45H76O4. The van der Waals surface area contributed by atoms with Crippen molar-refractivity contribution in [1.82, 2.24) is 0 Å². The van der Waals surface area contributed by atoms with Gasteiger partial charge >= 0.3 is 0 Å². The van der Waals surface area contributed by atoms with E-state index in [0.717, 1.165) is 35.5 Å². The van der Waals surface area contributed by atoms with Gasteiger partial charge in [-0.05, 0) is 71.9 Å². The van der Waals surface area contributed by atoms with Crippen LogP contribution in [0.15, 0.2) is 24.3 Å². The fraction of sp³-hybridized carbons (Fsp3) is 0.733. The van der Waals surface area contributed by atoms with Gasteiger partial charge in [0.1, 0.15) is 24.7 Å². The maximum atomic E-state index is 9.69. The third kappa shape index (κ3) is 18.1. The van der Waals surface area contributed by atoms with Crippen molar-refractivity contribution < 1.29 is 19.7 Å². The van der Waals surface area contributed by atoms with E-state index in [1.807, 2.05) is 0 Å². The first-order valence-corrected chi connectivity index (χ1v) is 20.7. The Morgan fingerprint density at radius 1 is 0.510 bits per heavy atom. The van der Waals surface area contributed by atoms with Gasteiger partial charge in [0.15, 0.2) is 0 Å². The molecule has 4 nitrogen and oxygen atoms in total. The van der Waals surface area contributed by atoms with Gasteiger partial charge in [0.05, 0.1) is 13.2 Å². The van der Waals surface area contributed by atoms with Gasteiger partial charge in [-0.15, -0.1) is 0 Å². The van der Waals surface area contributed by atoms with Crippen LogP contribution in [0.25, 0.3) is 0 Å². The molecule has 0 heterocycles. The summed E-state index contributed by atoms with van der Waals surface area (Å²) in [5.74, 6) is 2.12. The first kappa shape index (κ1) is 43.1. The maximum absolute atomic E-state index is 9.69. The van der Waals surface area contributed by atoms with Gasteiger partial charge in [-0.25, -0.2) is 0 Å². The van der Waals surface area contributed by atoms with Crippen molar-refractivity contribution in [3.63, 3.8) is 0 Å². The Balaban J connectivity index is 2.15.